The van der Waals surface area contributed by atoms with E-state index >= 15 is 0 Å². The summed E-state index contributed by atoms with van der Waals surface area (Å²) in [5, 5.41) is 13.5. The van der Waals surface area contributed by atoms with Gasteiger partial charge in [-0.2, -0.15) is 0 Å². The molecule has 302 valence electrons. The Balaban J connectivity index is 2.22. The number of benzene rings is 2. The molecule has 0 aliphatic rings. The predicted octanol–water partition coefficient (Wildman–Crippen LogP) is 0.217. The van der Waals surface area contributed by atoms with Crippen molar-refractivity contribution in [2.24, 2.45) is 40.7 Å². The molecule has 0 heterocycles. The minimum absolute atomic E-state index is 0.0266. The number of nitrogens with two attached hydrogens (primary N) is 4. The lowest BCUT2D eigenvalue weighted by Gasteiger charge is -2.28. The van der Waals surface area contributed by atoms with Gasteiger partial charge in [0.1, 0.15) is 30.2 Å². The molecule has 0 fully saturated rings. The Bertz CT molecular complexity index is 1560. The normalized spacial score (nSPS) is 15.1. The van der Waals surface area contributed by atoms with Crippen LogP contribution in [0.2, 0.25) is 0 Å². The maximum atomic E-state index is 13.8. The number of hydrogen-bond acceptors (Lipinski definition) is 9. The molecule has 2 rings (SSSR count). The number of primary amides is 1. The third kappa shape index (κ3) is 16.4. The molecule has 0 aliphatic heterocycles. The summed E-state index contributed by atoms with van der Waals surface area (Å²) in [4.78, 5) is 79.8. The van der Waals surface area contributed by atoms with Gasteiger partial charge in [-0.15, -0.1) is 0 Å². The number of carbonyl (C=O) groups is 6. The molecule has 2 unspecified atom stereocenters. The van der Waals surface area contributed by atoms with Crippen molar-refractivity contribution in [1.29, 1.82) is 0 Å². The van der Waals surface area contributed by atoms with Crippen LogP contribution in [-0.4, -0.2) is 85.3 Å². The molecule has 0 aromatic heterocycles. The molecular formula is C40H61N9O6. The van der Waals surface area contributed by atoms with Crippen LogP contribution in [0.3, 0.4) is 0 Å². The van der Waals surface area contributed by atoms with Crippen LogP contribution >= 0.6 is 0 Å². The Morgan fingerprint density at radius 3 is 1.49 bits per heavy atom. The van der Waals surface area contributed by atoms with Crippen LogP contribution in [0.5, 0.6) is 0 Å². The first-order valence-electron chi connectivity index (χ1n) is 18.9. The van der Waals surface area contributed by atoms with E-state index in [9.17, 15) is 28.8 Å². The van der Waals surface area contributed by atoms with Gasteiger partial charge in [-0.05, 0) is 68.3 Å². The first-order valence-corrected chi connectivity index (χ1v) is 18.9. The van der Waals surface area contributed by atoms with E-state index in [2.05, 4.69) is 26.6 Å². The van der Waals surface area contributed by atoms with Crippen molar-refractivity contribution < 1.29 is 28.8 Å². The smallest absolute Gasteiger partial charge is 0.243 e. The average Bonchev–Trinajstić information content (AvgIpc) is 3.15. The van der Waals surface area contributed by atoms with Gasteiger partial charge in [-0.3, -0.25) is 28.8 Å². The molecular weight excluding hydrogens is 702 g/mol. The lowest BCUT2D eigenvalue weighted by Crippen LogP contribution is -2.60. The Labute approximate surface area is 324 Å². The minimum Gasteiger partial charge on any atom is -0.368 e. The zero-order valence-corrected chi connectivity index (χ0v) is 32.5. The highest BCUT2D eigenvalue weighted by Crippen LogP contribution is 2.16. The first-order chi connectivity index (χ1) is 26.2. The van der Waals surface area contributed by atoms with E-state index in [0.717, 1.165) is 11.1 Å². The van der Waals surface area contributed by atoms with Crippen molar-refractivity contribution in [3.63, 3.8) is 0 Å². The monoisotopic (exact) mass is 763 g/mol. The van der Waals surface area contributed by atoms with E-state index in [4.69, 9.17) is 22.9 Å². The molecule has 15 heteroatoms. The van der Waals surface area contributed by atoms with E-state index in [1.54, 1.807) is 31.2 Å². The van der Waals surface area contributed by atoms with Crippen molar-refractivity contribution in [3.8, 4) is 0 Å². The molecule has 0 saturated carbocycles. The Morgan fingerprint density at radius 1 is 0.564 bits per heavy atom. The van der Waals surface area contributed by atoms with Crippen LogP contribution in [-0.2, 0) is 35.2 Å². The maximum absolute atomic E-state index is 13.8. The quantitative estimate of drug-likeness (QED) is 0.0707. The standard InChI is InChI=1S/C40H61N9O6/c1-25(2)23-33(39(54)49-34(24-29-13-9-6-10-14-29)40(55)45-30(17-20-41)35(44)50)48-38(53)32(19-22-43)47-37(52)31(18-21-42)46-36(51)27(4)26(3)15-16-28-11-7-5-8-12-28/h5-16,25-27,30-34H,17-24,41-43H2,1-4H3,(H2,44,50)(H,45,55)(H,46,51)(H,47,52)(H,48,53)(H,49,54)/b16-15+/t26?,27?,30-,31+,32-,33-,34+/m0/s1. The summed E-state index contributed by atoms with van der Waals surface area (Å²) in [5.74, 6) is -4.44. The van der Waals surface area contributed by atoms with Gasteiger partial charge in [0.2, 0.25) is 35.4 Å². The molecule has 13 N–H and O–H groups in total. The van der Waals surface area contributed by atoms with Crippen molar-refractivity contribution >= 4 is 41.5 Å². The SMILES string of the molecule is CC(C)C[C@H](NC(=O)[C@H](CCN)NC(=O)[C@@H](CCN)NC(=O)C(C)C(C)/C=C/c1ccccc1)C(=O)N[C@H](Cc1ccccc1)C(=O)N[C@@H](CCN)C(N)=O. The van der Waals surface area contributed by atoms with Crippen LogP contribution in [0.25, 0.3) is 6.08 Å². The zero-order valence-electron chi connectivity index (χ0n) is 32.5. The molecule has 0 radical (unpaired) electrons. The third-order valence-electron chi connectivity index (χ3n) is 9.14. The fourth-order valence-corrected chi connectivity index (χ4v) is 5.71. The Morgan fingerprint density at radius 2 is 0.982 bits per heavy atom. The summed E-state index contributed by atoms with van der Waals surface area (Å²) in [6.45, 7) is 7.61. The summed E-state index contributed by atoms with van der Waals surface area (Å²) in [6.07, 6.45) is 4.38. The number of carbonyl (C=O) groups excluding carboxylic acids is 6. The van der Waals surface area contributed by atoms with Gasteiger partial charge < -0.3 is 49.5 Å². The van der Waals surface area contributed by atoms with Gasteiger partial charge in [-0.25, -0.2) is 0 Å². The molecule has 2 aromatic carbocycles. The van der Waals surface area contributed by atoms with E-state index in [1.165, 1.54) is 0 Å². The van der Waals surface area contributed by atoms with Gasteiger partial charge in [0.05, 0.1) is 0 Å². The molecule has 55 heavy (non-hydrogen) atoms. The van der Waals surface area contributed by atoms with Crippen molar-refractivity contribution in [1.82, 2.24) is 26.6 Å². The number of amides is 6. The largest absolute Gasteiger partial charge is 0.368 e. The van der Waals surface area contributed by atoms with Crippen LogP contribution < -0.4 is 49.5 Å². The number of rotatable bonds is 24. The van der Waals surface area contributed by atoms with Gasteiger partial charge in [0.15, 0.2) is 0 Å². The molecule has 6 amide bonds. The highest BCUT2D eigenvalue weighted by Gasteiger charge is 2.33. The molecule has 7 atom stereocenters. The molecule has 0 aliphatic carbocycles. The van der Waals surface area contributed by atoms with Crippen molar-refractivity contribution in [2.45, 2.75) is 90.0 Å². The van der Waals surface area contributed by atoms with E-state index in [-0.39, 0.29) is 69.5 Å². The highest BCUT2D eigenvalue weighted by molar-refractivity contribution is 5.96. The van der Waals surface area contributed by atoms with Gasteiger partial charge in [0, 0.05) is 12.3 Å². The van der Waals surface area contributed by atoms with Gasteiger partial charge in [0.25, 0.3) is 0 Å². The summed E-state index contributed by atoms with van der Waals surface area (Å²) in [5.41, 5.74) is 24.5. The van der Waals surface area contributed by atoms with Gasteiger partial charge in [-0.1, -0.05) is 101 Å². The summed E-state index contributed by atoms with van der Waals surface area (Å²) in [7, 11) is 0. The van der Waals surface area contributed by atoms with E-state index in [1.807, 2.05) is 69.3 Å². The number of allylic oxidation sites excluding steroid dienone is 1. The zero-order chi connectivity index (χ0) is 40.9. The Kier molecular flexibility index (Phi) is 20.4. The highest BCUT2D eigenvalue weighted by atomic mass is 16.2. The van der Waals surface area contributed by atoms with Crippen LogP contribution in [0.1, 0.15) is 64.5 Å². The second-order valence-corrected chi connectivity index (χ2v) is 14.2. The predicted molar refractivity (Wildman–Crippen MR) is 213 cm³/mol. The van der Waals surface area contributed by atoms with Crippen molar-refractivity contribution in [3.05, 3.63) is 77.9 Å². The first kappa shape index (κ1) is 46.0. The summed E-state index contributed by atoms with van der Waals surface area (Å²) in [6, 6.07) is 13.1. The lowest BCUT2D eigenvalue weighted by atomic mass is 9.93. The minimum atomic E-state index is -1.15. The summed E-state index contributed by atoms with van der Waals surface area (Å²) >= 11 is 0. The number of nitrogens with one attached hydrogen (secondary N) is 5. The second kappa shape index (κ2) is 24.3. The molecule has 15 nitrogen and oxygen atoms in total. The fourth-order valence-electron chi connectivity index (χ4n) is 5.71. The lowest BCUT2D eigenvalue weighted by molar-refractivity contribution is -0.135. The summed E-state index contributed by atoms with van der Waals surface area (Å²) < 4.78 is 0. The molecule has 0 saturated heterocycles. The van der Waals surface area contributed by atoms with E-state index in [0.29, 0.717) is 0 Å². The van der Waals surface area contributed by atoms with E-state index < -0.39 is 65.7 Å². The van der Waals surface area contributed by atoms with Crippen LogP contribution in [0.4, 0.5) is 0 Å². The fraction of sp³-hybridized carbons (Fsp3) is 0.500. The Hall–Kier alpha value is -5.12. The second-order valence-electron chi connectivity index (χ2n) is 14.2. The van der Waals surface area contributed by atoms with Crippen molar-refractivity contribution in [2.75, 3.05) is 19.6 Å². The topological polar surface area (TPSA) is 267 Å². The van der Waals surface area contributed by atoms with Crippen LogP contribution in [0, 0.1) is 17.8 Å². The van der Waals surface area contributed by atoms with Gasteiger partial charge >= 0.3 is 0 Å². The maximum Gasteiger partial charge on any atom is 0.243 e. The molecule has 2 aromatic rings. The average molecular weight is 764 g/mol. The van der Waals surface area contributed by atoms with Crippen LogP contribution in [0.15, 0.2) is 66.7 Å². The third-order valence-corrected chi connectivity index (χ3v) is 9.14. The molecule has 0 bridgehead atoms. The molecule has 0 spiro atoms. The number of hydrogen-bond donors (Lipinski definition) is 9.